The van der Waals surface area contributed by atoms with Gasteiger partial charge in [0, 0.05) is 23.5 Å². The van der Waals surface area contributed by atoms with Gasteiger partial charge in [0.15, 0.2) is 0 Å². The molecule has 1 amide bonds. The Labute approximate surface area is 151 Å². The fourth-order valence-electron chi connectivity index (χ4n) is 2.22. The minimum atomic E-state index is -0.283. The third-order valence-corrected chi connectivity index (χ3v) is 3.96. The molecule has 1 heterocycles. The average molecular weight is 353 g/mol. The molecule has 0 bridgehead atoms. The van der Waals surface area contributed by atoms with Crippen LogP contribution >= 0.6 is 11.6 Å². The maximum atomic E-state index is 12.3. The zero-order valence-electron chi connectivity index (χ0n) is 13.7. The molecular weight excluding hydrogens is 336 g/mol. The van der Waals surface area contributed by atoms with E-state index in [1.807, 2.05) is 49.4 Å². The lowest BCUT2D eigenvalue weighted by atomic mass is 10.2. The molecule has 0 fully saturated rings. The molecule has 2 aromatic carbocycles. The minimum absolute atomic E-state index is 0.283. The van der Waals surface area contributed by atoms with Crippen molar-refractivity contribution in [1.29, 1.82) is 0 Å². The third-order valence-electron chi connectivity index (χ3n) is 3.59. The lowest BCUT2D eigenvalue weighted by Crippen LogP contribution is -2.24. The number of anilines is 2. The molecule has 0 spiro atoms. The molecular formula is C19H17ClN4O. The molecule has 0 saturated heterocycles. The summed E-state index contributed by atoms with van der Waals surface area (Å²) in [5.74, 6) is 0.0866. The first-order chi connectivity index (χ1) is 12.1. The number of carbonyl (C=O) groups is 1. The summed E-state index contributed by atoms with van der Waals surface area (Å²) in [5, 5.41) is 6.52. The summed E-state index contributed by atoms with van der Waals surface area (Å²) in [5.41, 5.74) is 3.17. The van der Waals surface area contributed by atoms with Crippen molar-refractivity contribution in [3.05, 3.63) is 82.6 Å². The molecule has 6 heteroatoms. The van der Waals surface area contributed by atoms with E-state index in [0.29, 0.717) is 17.5 Å². The van der Waals surface area contributed by atoms with E-state index in [-0.39, 0.29) is 11.6 Å². The maximum absolute atomic E-state index is 12.3. The highest BCUT2D eigenvalue weighted by molar-refractivity contribution is 6.31. The number of aromatic nitrogens is 2. The van der Waals surface area contributed by atoms with E-state index in [4.69, 9.17) is 11.6 Å². The summed E-state index contributed by atoms with van der Waals surface area (Å²) < 4.78 is 0. The van der Waals surface area contributed by atoms with Gasteiger partial charge in [0.2, 0.25) is 5.95 Å². The van der Waals surface area contributed by atoms with Crippen molar-refractivity contribution in [2.75, 3.05) is 5.32 Å². The van der Waals surface area contributed by atoms with Gasteiger partial charge in [0.05, 0.1) is 0 Å². The normalized spacial score (nSPS) is 10.3. The zero-order chi connectivity index (χ0) is 17.6. The molecule has 5 nitrogen and oxygen atoms in total. The van der Waals surface area contributed by atoms with Gasteiger partial charge in [-0.05, 0) is 36.8 Å². The summed E-state index contributed by atoms with van der Waals surface area (Å²) in [6.07, 6.45) is 1.55. The van der Waals surface area contributed by atoms with E-state index in [0.717, 1.165) is 11.3 Å². The van der Waals surface area contributed by atoms with Gasteiger partial charge >= 0.3 is 0 Å². The van der Waals surface area contributed by atoms with Crippen LogP contribution in [-0.2, 0) is 6.54 Å². The lowest BCUT2D eigenvalue weighted by molar-refractivity contribution is 0.0946. The Bertz CT molecular complexity index is 881. The van der Waals surface area contributed by atoms with Gasteiger partial charge in [-0.15, -0.1) is 0 Å². The summed E-state index contributed by atoms with van der Waals surface area (Å²) in [4.78, 5) is 20.7. The van der Waals surface area contributed by atoms with Gasteiger partial charge < -0.3 is 10.6 Å². The second-order valence-electron chi connectivity index (χ2n) is 5.53. The van der Waals surface area contributed by atoms with Crippen LogP contribution in [0, 0.1) is 6.92 Å². The van der Waals surface area contributed by atoms with E-state index >= 15 is 0 Å². The number of hydrogen-bond donors (Lipinski definition) is 2. The van der Waals surface area contributed by atoms with Gasteiger partial charge in [-0.3, -0.25) is 4.79 Å². The molecule has 0 aliphatic heterocycles. The molecule has 0 unspecified atom stereocenters. The van der Waals surface area contributed by atoms with Crippen LogP contribution in [-0.4, -0.2) is 15.9 Å². The van der Waals surface area contributed by atoms with E-state index in [1.165, 1.54) is 5.56 Å². The Kier molecular flexibility index (Phi) is 5.26. The summed E-state index contributed by atoms with van der Waals surface area (Å²) >= 11 is 6.09. The zero-order valence-corrected chi connectivity index (χ0v) is 14.4. The first kappa shape index (κ1) is 16.9. The second kappa shape index (κ2) is 7.77. The monoisotopic (exact) mass is 352 g/mol. The second-order valence-corrected chi connectivity index (χ2v) is 5.94. The standard InChI is InChI=1S/C19H17ClN4O/c1-13-6-8-15(9-7-13)23-19-21-11-10-17(24-19)18(25)22-12-14-4-2-3-5-16(14)20/h2-11H,12H2,1H3,(H,22,25)(H,21,23,24). The van der Waals surface area contributed by atoms with Crippen LogP contribution in [0.2, 0.25) is 5.02 Å². The first-order valence-electron chi connectivity index (χ1n) is 7.80. The molecule has 0 aliphatic carbocycles. The van der Waals surface area contributed by atoms with Crippen molar-refractivity contribution in [3.63, 3.8) is 0 Å². The van der Waals surface area contributed by atoms with Crippen molar-refractivity contribution in [2.24, 2.45) is 0 Å². The number of nitrogens with one attached hydrogen (secondary N) is 2. The van der Waals surface area contributed by atoms with E-state index < -0.39 is 0 Å². The molecule has 1 aromatic heterocycles. The molecule has 0 atom stereocenters. The number of hydrogen-bond acceptors (Lipinski definition) is 4. The molecule has 126 valence electrons. The van der Waals surface area contributed by atoms with E-state index in [9.17, 15) is 4.79 Å². The topological polar surface area (TPSA) is 66.9 Å². The smallest absolute Gasteiger partial charge is 0.270 e. The SMILES string of the molecule is Cc1ccc(Nc2nccc(C(=O)NCc3ccccc3Cl)n2)cc1. The predicted molar refractivity (Wildman–Crippen MR) is 99.1 cm³/mol. The van der Waals surface area contributed by atoms with Gasteiger partial charge in [0.1, 0.15) is 5.69 Å². The quantitative estimate of drug-likeness (QED) is 0.725. The number of aryl methyl sites for hydroxylation is 1. The van der Waals surface area contributed by atoms with Crippen LogP contribution in [0.5, 0.6) is 0 Å². The first-order valence-corrected chi connectivity index (χ1v) is 8.18. The maximum Gasteiger partial charge on any atom is 0.270 e. The van der Waals surface area contributed by atoms with Gasteiger partial charge in [-0.1, -0.05) is 47.5 Å². The largest absolute Gasteiger partial charge is 0.347 e. The molecule has 2 N–H and O–H groups in total. The average Bonchev–Trinajstić information content (AvgIpc) is 2.63. The Morgan fingerprint density at radius 3 is 2.60 bits per heavy atom. The van der Waals surface area contributed by atoms with Crippen molar-refractivity contribution < 1.29 is 4.79 Å². The lowest BCUT2D eigenvalue weighted by Gasteiger charge is -2.08. The Morgan fingerprint density at radius 2 is 1.84 bits per heavy atom. The Morgan fingerprint density at radius 1 is 1.08 bits per heavy atom. The Hall–Kier alpha value is -2.92. The summed E-state index contributed by atoms with van der Waals surface area (Å²) in [7, 11) is 0. The van der Waals surface area contributed by atoms with Crippen molar-refractivity contribution in [1.82, 2.24) is 15.3 Å². The highest BCUT2D eigenvalue weighted by Gasteiger charge is 2.09. The van der Waals surface area contributed by atoms with Crippen LogP contribution in [0.1, 0.15) is 21.6 Å². The number of benzene rings is 2. The molecule has 0 radical (unpaired) electrons. The van der Waals surface area contributed by atoms with Crippen LogP contribution in [0.3, 0.4) is 0 Å². The predicted octanol–water partition coefficient (Wildman–Crippen LogP) is 4.11. The van der Waals surface area contributed by atoms with Crippen molar-refractivity contribution in [2.45, 2.75) is 13.5 Å². The molecule has 0 aliphatic rings. The van der Waals surface area contributed by atoms with E-state index in [2.05, 4.69) is 20.6 Å². The molecule has 0 saturated carbocycles. The van der Waals surface area contributed by atoms with Gasteiger partial charge in [-0.2, -0.15) is 0 Å². The fourth-order valence-corrected chi connectivity index (χ4v) is 2.42. The summed E-state index contributed by atoms with van der Waals surface area (Å²) in [6.45, 7) is 2.35. The van der Waals surface area contributed by atoms with Gasteiger partial charge in [-0.25, -0.2) is 9.97 Å². The number of amides is 1. The summed E-state index contributed by atoms with van der Waals surface area (Å²) in [6, 6.07) is 16.8. The van der Waals surface area contributed by atoms with Crippen molar-refractivity contribution >= 4 is 29.1 Å². The Balaban J connectivity index is 1.67. The molecule has 3 rings (SSSR count). The number of nitrogens with zero attached hydrogens (tertiary/aromatic N) is 2. The van der Waals surface area contributed by atoms with Crippen LogP contribution in [0.25, 0.3) is 0 Å². The van der Waals surface area contributed by atoms with Crippen LogP contribution < -0.4 is 10.6 Å². The molecule has 25 heavy (non-hydrogen) atoms. The highest BCUT2D eigenvalue weighted by Crippen LogP contribution is 2.15. The number of rotatable bonds is 5. The van der Waals surface area contributed by atoms with E-state index in [1.54, 1.807) is 18.3 Å². The van der Waals surface area contributed by atoms with Crippen molar-refractivity contribution in [3.8, 4) is 0 Å². The van der Waals surface area contributed by atoms with Gasteiger partial charge in [0.25, 0.3) is 5.91 Å². The molecule has 3 aromatic rings. The third kappa shape index (κ3) is 4.55. The minimum Gasteiger partial charge on any atom is -0.347 e. The fraction of sp³-hybridized carbons (Fsp3) is 0.105. The van der Waals surface area contributed by atoms with Crippen LogP contribution in [0.15, 0.2) is 60.8 Å². The highest BCUT2D eigenvalue weighted by atomic mass is 35.5. The number of halogens is 1. The van der Waals surface area contributed by atoms with Crippen LogP contribution in [0.4, 0.5) is 11.6 Å². The number of carbonyl (C=O) groups excluding carboxylic acids is 1.